The average molecular weight is 325 g/mol. The Labute approximate surface area is 141 Å². The minimum absolute atomic E-state index is 0.0947. The molecule has 0 fully saturated rings. The van der Waals surface area contributed by atoms with Gasteiger partial charge in [-0.2, -0.15) is 0 Å². The standard InChI is InChI=1S/C19H23N3O2/c1-3-21-15-11-7-8-12-16(15)22(19(21)24)18(17(23)13-20-2)14-9-5-4-6-10-14/h4-12,17-18,20,23H,3,13H2,1-2H3/t17-,18-/m0/s1. The molecule has 5 nitrogen and oxygen atoms in total. The van der Waals surface area contributed by atoms with Crippen LogP contribution in [0.5, 0.6) is 0 Å². The van der Waals surface area contributed by atoms with Crippen molar-refractivity contribution < 1.29 is 5.11 Å². The fourth-order valence-corrected chi connectivity index (χ4v) is 3.32. The number of nitrogens with zero attached hydrogens (tertiary/aromatic N) is 2. The Kier molecular flexibility index (Phi) is 4.83. The minimum Gasteiger partial charge on any atom is -0.389 e. The molecule has 0 saturated heterocycles. The van der Waals surface area contributed by atoms with Crippen molar-refractivity contribution in [1.29, 1.82) is 0 Å². The molecule has 0 bridgehead atoms. The summed E-state index contributed by atoms with van der Waals surface area (Å²) in [6.45, 7) is 2.95. The fourth-order valence-electron chi connectivity index (χ4n) is 3.32. The largest absolute Gasteiger partial charge is 0.389 e. The third kappa shape index (κ3) is 2.77. The van der Waals surface area contributed by atoms with Gasteiger partial charge in [0, 0.05) is 13.1 Å². The van der Waals surface area contributed by atoms with Gasteiger partial charge in [-0.25, -0.2) is 4.79 Å². The Balaban J connectivity index is 2.27. The normalized spacial score (nSPS) is 14.0. The summed E-state index contributed by atoms with van der Waals surface area (Å²) in [7, 11) is 1.80. The van der Waals surface area contributed by atoms with E-state index in [1.165, 1.54) is 0 Å². The van der Waals surface area contributed by atoms with Gasteiger partial charge < -0.3 is 10.4 Å². The zero-order valence-electron chi connectivity index (χ0n) is 14.0. The average Bonchev–Trinajstić information content (AvgIpc) is 2.88. The number of para-hydroxylation sites is 2. The smallest absolute Gasteiger partial charge is 0.329 e. The van der Waals surface area contributed by atoms with Crippen LogP contribution in [0.25, 0.3) is 11.0 Å². The summed E-state index contributed by atoms with van der Waals surface area (Å²) in [6.07, 6.45) is -0.716. The van der Waals surface area contributed by atoms with Gasteiger partial charge in [0.2, 0.25) is 0 Å². The molecule has 2 N–H and O–H groups in total. The van der Waals surface area contributed by atoms with Crippen molar-refractivity contribution in [1.82, 2.24) is 14.5 Å². The highest BCUT2D eigenvalue weighted by Crippen LogP contribution is 2.25. The van der Waals surface area contributed by atoms with Gasteiger partial charge >= 0.3 is 5.69 Å². The lowest BCUT2D eigenvalue weighted by atomic mass is 10.0. The van der Waals surface area contributed by atoms with E-state index in [4.69, 9.17) is 0 Å². The zero-order chi connectivity index (χ0) is 17.1. The van der Waals surface area contributed by atoms with Crippen molar-refractivity contribution in [2.24, 2.45) is 0 Å². The van der Waals surface area contributed by atoms with Gasteiger partial charge in [-0.05, 0) is 31.7 Å². The first kappa shape index (κ1) is 16.5. The highest BCUT2D eigenvalue weighted by atomic mass is 16.3. The molecule has 0 spiro atoms. The first-order chi connectivity index (χ1) is 11.7. The Morgan fingerprint density at radius 1 is 1.04 bits per heavy atom. The first-order valence-corrected chi connectivity index (χ1v) is 8.26. The van der Waals surface area contributed by atoms with E-state index in [-0.39, 0.29) is 5.69 Å². The number of hydrogen-bond donors (Lipinski definition) is 2. The monoisotopic (exact) mass is 325 g/mol. The molecular weight excluding hydrogens is 302 g/mol. The molecule has 2 atom stereocenters. The first-order valence-electron chi connectivity index (χ1n) is 8.26. The topological polar surface area (TPSA) is 59.2 Å². The van der Waals surface area contributed by atoms with Crippen LogP contribution in [0.1, 0.15) is 18.5 Å². The van der Waals surface area contributed by atoms with Gasteiger partial charge in [-0.15, -0.1) is 0 Å². The Bertz CT molecular complexity index is 867. The van der Waals surface area contributed by atoms with E-state index in [0.717, 1.165) is 16.6 Å². The molecule has 3 rings (SSSR count). The SMILES string of the molecule is CCn1c(=O)n([C@@H](c2ccccc2)[C@@H](O)CNC)c2ccccc21. The summed E-state index contributed by atoms with van der Waals surface area (Å²) in [6, 6.07) is 17.0. The minimum atomic E-state index is -0.716. The van der Waals surface area contributed by atoms with Crippen LogP contribution in [0.15, 0.2) is 59.4 Å². The van der Waals surface area contributed by atoms with E-state index >= 15 is 0 Å². The molecule has 2 aromatic carbocycles. The summed E-state index contributed by atoms with van der Waals surface area (Å²) in [5.74, 6) is 0. The van der Waals surface area contributed by atoms with Crippen LogP contribution in [-0.2, 0) is 6.54 Å². The van der Waals surface area contributed by atoms with Crippen molar-refractivity contribution >= 4 is 11.0 Å². The molecule has 5 heteroatoms. The van der Waals surface area contributed by atoms with Crippen molar-refractivity contribution in [3.05, 3.63) is 70.6 Å². The molecule has 0 aliphatic heterocycles. The number of likely N-dealkylation sites (N-methyl/N-ethyl adjacent to an activating group) is 1. The summed E-state index contributed by atoms with van der Waals surface area (Å²) < 4.78 is 3.47. The van der Waals surface area contributed by atoms with E-state index in [0.29, 0.717) is 13.1 Å². The molecule has 0 aliphatic rings. The molecule has 126 valence electrons. The van der Waals surface area contributed by atoms with Gasteiger partial charge in [0.15, 0.2) is 0 Å². The molecule has 0 unspecified atom stereocenters. The third-order valence-electron chi connectivity index (χ3n) is 4.38. The van der Waals surface area contributed by atoms with Crippen LogP contribution in [0, 0.1) is 0 Å². The van der Waals surface area contributed by atoms with E-state index in [1.807, 2.05) is 61.5 Å². The van der Waals surface area contributed by atoms with Crippen LogP contribution in [-0.4, -0.2) is 33.9 Å². The van der Waals surface area contributed by atoms with Crippen molar-refractivity contribution in [2.45, 2.75) is 25.6 Å². The second kappa shape index (κ2) is 7.03. The highest BCUT2D eigenvalue weighted by molar-refractivity contribution is 5.76. The van der Waals surface area contributed by atoms with Gasteiger partial charge in [-0.1, -0.05) is 42.5 Å². The van der Waals surface area contributed by atoms with Gasteiger partial charge in [0.25, 0.3) is 0 Å². The lowest BCUT2D eigenvalue weighted by molar-refractivity contribution is 0.130. The molecule has 0 radical (unpaired) electrons. The van der Waals surface area contributed by atoms with E-state index in [1.54, 1.807) is 16.2 Å². The van der Waals surface area contributed by atoms with Crippen molar-refractivity contribution in [3.63, 3.8) is 0 Å². The predicted octanol–water partition coefficient (Wildman–Crippen LogP) is 1.99. The molecule has 3 aromatic rings. The van der Waals surface area contributed by atoms with Crippen LogP contribution in [0.2, 0.25) is 0 Å². The summed E-state index contributed by atoms with van der Waals surface area (Å²) in [5, 5.41) is 13.8. The number of aliphatic hydroxyl groups is 1. The van der Waals surface area contributed by atoms with Crippen LogP contribution >= 0.6 is 0 Å². The number of aliphatic hydroxyl groups excluding tert-OH is 1. The van der Waals surface area contributed by atoms with Gasteiger partial charge in [0.1, 0.15) is 0 Å². The van der Waals surface area contributed by atoms with E-state index < -0.39 is 12.1 Å². The van der Waals surface area contributed by atoms with Crippen LogP contribution < -0.4 is 11.0 Å². The van der Waals surface area contributed by atoms with E-state index in [9.17, 15) is 9.90 Å². The Morgan fingerprint density at radius 3 is 2.29 bits per heavy atom. The molecular formula is C19H23N3O2. The van der Waals surface area contributed by atoms with Crippen LogP contribution in [0.4, 0.5) is 0 Å². The number of aryl methyl sites for hydroxylation is 1. The Hall–Kier alpha value is -2.37. The summed E-state index contributed by atoms with van der Waals surface area (Å²) in [5.41, 5.74) is 2.56. The zero-order valence-corrected chi connectivity index (χ0v) is 14.0. The second-order valence-corrected chi connectivity index (χ2v) is 5.87. The lowest BCUT2D eigenvalue weighted by Gasteiger charge is -2.25. The van der Waals surface area contributed by atoms with Crippen molar-refractivity contribution in [3.8, 4) is 0 Å². The maximum absolute atomic E-state index is 13.0. The highest BCUT2D eigenvalue weighted by Gasteiger charge is 2.27. The number of hydrogen-bond acceptors (Lipinski definition) is 3. The third-order valence-corrected chi connectivity index (χ3v) is 4.38. The summed E-state index contributed by atoms with van der Waals surface area (Å²) >= 11 is 0. The number of nitrogens with one attached hydrogen (secondary N) is 1. The molecule has 0 aliphatic carbocycles. The Morgan fingerprint density at radius 2 is 1.67 bits per heavy atom. The number of imidazole rings is 1. The number of aromatic nitrogens is 2. The fraction of sp³-hybridized carbons (Fsp3) is 0.316. The molecule has 0 amide bonds. The van der Waals surface area contributed by atoms with Crippen molar-refractivity contribution in [2.75, 3.05) is 13.6 Å². The maximum atomic E-state index is 13.0. The molecule has 1 heterocycles. The number of benzene rings is 2. The number of fused-ring (bicyclic) bond motifs is 1. The molecule has 0 saturated carbocycles. The van der Waals surface area contributed by atoms with E-state index in [2.05, 4.69) is 5.32 Å². The van der Waals surface area contributed by atoms with Gasteiger partial charge in [0.05, 0.1) is 23.2 Å². The van der Waals surface area contributed by atoms with Crippen LogP contribution in [0.3, 0.4) is 0 Å². The van der Waals surface area contributed by atoms with Gasteiger partial charge in [-0.3, -0.25) is 9.13 Å². The maximum Gasteiger partial charge on any atom is 0.329 e. The number of rotatable bonds is 6. The quantitative estimate of drug-likeness (QED) is 0.729. The molecule has 24 heavy (non-hydrogen) atoms. The second-order valence-electron chi connectivity index (χ2n) is 5.87. The summed E-state index contributed by atoms with van der Waals surface area (Å²) in [4.78, 5) is 13.0. The molecule has 1 aromatic heterocycles. The predicted molar refractivity (Wildman–Crippen MR) is 96.4 cm³/mol. The lowest BCUT2D eigenvalue weighted by Crippen LogP contribution is -2.38.